The third kappa shape index (κ3) is 6.71. The van der Waals surface area contributed by atoms with Crippen molar-refractivity contribution >= 4 is 51.9 Å². The highest BCUT2D eigenvalue weighted by atomic mass is 32.1. The largest absolute Gasteiger partial charge is 0.468 e. The van der Waals surface area contributed by atoms with Gasteiger partial charge in [-0.05, 0) is 22.3 Å². The molecule has 58 heavy (non-hydrogen) atoms. The van der Waals surface area contributed by atoms with Crippen molar-refractivity contribution in [3.63, 3.8) is 0 Å². The summed E-state index contributed by atoms with van der Waals surface area (Å²) in [5, 5.41) is 8.83. The molecular formula is C42H37N5O10S. The average molecular weight is 804 g/mol. The smallest absolute Gasteiger partial charge is 0.376 e. The summed E-state index contributed by atoms with van der Waals surface area (Å²) in [5.74, 6) is -5.16. The second-order valence-corrected chi connectivity index (χ2v) is 14.2. The van der Waals surface area contributed by atoms with Gasteiger partial charge in [-0.1, -0.05) is 126 Å². The number of carbonyl (C=O) groups is 5. The number of thiazole rings is 1. The predicted octanol–water partition coefficient (Wildman–Crippen LogP) is 4.23. The summed E-state index contributed by atoms with van der Waals surface area (Å²) in [6.45, 7) is -0.802. The molecule has 2 aliphatic heterocycles. The minimum absolute atomic E-state index is 0.000877. The van der Waals surface area contributed by atoms with Gasteiger partial charge < -0.3 is 30.1 Å². The Morgan fingerprint density at radius 3 is 1.90 bits per heavy atom. The molecule has 2 fully saturated rings. The number of nitrogens with zero attached hydrogens (tertiary/aromatic N) is 3. The Kier molecular flexibility index (Phi) is 11.0. The van der Waals surface area contributed by atoms with Crippen LogP contribution in [0.4, 0.5) is 5.13 Å². The van der Waals surface area contributed by atoms with E-state index in [1.807, 2.05) is 0 Å². The number of oxime groups is 1. The molecule has 2 amide bonds. The molecule has 0 aliphatic carbocycles. The maximum absolute atomic E-state index is 15.8. The van der Waals surface area contributed by atoms with Gasteiger partial charge in [-0.2, -0.15) is 5.06 Å². The Hall–Kier alpha value is -6.91. The van der Waals surface area contributed by atoms with Crippen LogP contribution in [0.5, 0.6) is 0 Å². The second kappa shape index (κ2) is 16.3. The number of nitrogens with one attached hydrogen (secondary N) is 1. The minimum Gasteiger partial charge on any atom is -0.468 e. The molecule has 0 radical (unpaired) electrons. The van der Waals surface area contributed by atoms with Crippen LogP contribution in [0.25, 0.3) is 0 Å². The van der Waals surface area contributed by atoms with Gasteiger partial charge in [0.15, 0.2) is 27.9 Å². The summed E-state index contributed by atoms with van der Waals surface area (Å²) >= 11 is 1.02. The normalized spacial score (nSPS) is 19.4. The summed E-state index contributed by atoms with van der Waals surface area (Å²) in [6.07, 6.45) is -1.72. The van der Waals surface area contributed by atoms with E-state index < -0.39 is 71.2 Å². The molecule has 2 atom stereocenters. The molecule has 15 nitrogen and oxygen atoms in total. The highest BCUT2D eigenvalue weighted by Crippen LogP contribution is 2.50. The Morgan fingerprint density at radius 2 is 1.43 bits per heavy atom. The van der Waals surface area contributed by atoms with Gasteiger partial charge in [-0.3, -0.25) is 24.0 Å². The molecule has 5 aromatic rings. The number of methoxy groups -OCH3 is 1. The fourth-order valence-electron chi connectivity index (χ4n) is 7.43. The molecule has 4 aromatic carbocycles. The van der Waals surface area contributed by atoms with Gasteiger partial charge in [0.05, 0.1) is 13.5 Å². The zero-order valence-electron chi connectivity index (χ0n) is 31.2. The topological polar surface area (TPSA) is 198 Å². The van der Waals surface area contributed by atoms with Crippen LogP contribution in [0.1, 0.15) is 46.9 Å². The maximum atomic E-state index is 15.8. The van der Waals surface area contributed by atoms with Gasteiger partial charge in [0.1, 0.15) is 19.4 Å². The lowest BCUT2D eigenvalue weighted by Gasteiger charge is -2.45. The number of hydrogen-bond donors (Lipinski definition) is 2. The lowest BCUT2D eigenvalue weighted by Crippen LogP contribution is -2.73. The van der Waals surface area contributed by atoms with E-state index in [1.165, 1.54) is 12.5 Å². The van der Waals surface area contributed by atoms with Crippen molar-refractivity contribution in [1.82, 2.24) is 15.4 Å². The van der Waals surface area contributed by atoms with Gasteiger partial charge in [0.25, 0.3) is 11.8 Å². The highest BCUT2D eigenvalue weighted by Gasteiger charge is 2.73. The van der Waals surface area contributed by atoms with Crippen LogP contribution < -0.4 is 11.1 Å². The lowest BCUT2D eigenvalue weighted by molar-refractivity contribution is -0.260. The fourth-order valence-corrected chi connectivity index (χ4v) is 7.98. The number of carbonyl (C=O) groups excluding carboxylic acids is 5. The summed E-state index contributed by atoms with van der Waals surface area (Å²) in [5.41, 5.74) is -0.228. The number of aromatic nitrogens is 1. The molecule has 16 heteroatoms. The number of nitrogens with two attached hydrogens (primary N) is 1. The van der Waals surface area contributed by atoms with E-state index in [9.17, 15) is 19.2 Å². The van der Waals surface area contributed by atoms with Crippen LogP contribution in [0.15, 0.2) is 132 Å². The van der Waals surface area contributed by atoms with E-state index in [1.54, 1.807) is 121 Å². The number of hydrogen-bond acceptors (Lipinski definition) is 14. The zero-order chi connectivity index (χ0) is 40.9. The van der Waals surface area contributed by atoms with Crippen molar-refractivity contribution in [3.05, 3.63) is 155 Å². The number of ether oxygens (including phenoxy) is 3. The first kappa shape index (κ1) is 39.3. The molecule has 1 aromatic heterocycles. The van der Waals surface area contributed by atoms with Crippen LogP contribution in [-0.4, -0.2) is 77.6 Å². The van der Waals surface area contributed by atoms with E-state index in [0.29, 0.717) is 16.2 Å². The Morgan fingerprint density at radius 1 is 0.879 bits per heavy atom. The van der Waals surface area contributed by atoms with Gasteiger partial charge in [-0.15, -0.1) is 11.3 Å². The molecule has 0 spiro atoms. The Bertz CT molecular complexity index is 2270. The van der Waals surface area contributed by atoms with E-state index in [-0.39, 0.29) is 28.4 Å². The molecule has 0 bridgehead atoms. The SMILES string of the molecule is CO/N=C(\C(=O)NC1(C(C(=O)OC)(c2ccccc2)c2ccccc2)CON(C2(C(=O)OC(c3ccccc3)c3ccccc3)CCC(=O)O2)C1=O)c1csc(N)n1. The fraction of sp³-hybridized carbons (Fsp3) is 0.214. The number of anilines is 1. The number of nitrogen functional groups attached to an aromatic ring is 1. The van der Waals surface area contributed by atoms with Crippen LogP contribution >= 0.6 is 11.3 Å². The molecule has 2 saturated heterocycles. The van der Waals surface area contributed by atoms with Gasteiger partial charge in [-0.25, -0.2) is 9.78 Å². The third-order valence-electron chi connectivity index (χ3n) is 10.0. The van der Waals surface area contributed by atoms with Crippen LogP contribution in [0, 0.1) is 0 Å². The van der Waals surface area contributed by atoms with Gasteiger partial charge in [0.2, 0.25) is 0 Å². The number of benzene rings is 4. The second-order valence-electron chi connectivity index (χ2n) is 13.3. The number of amides is 2. The van der Waals surface area contributed by atoms with E-state index >= 15 is 4.79 Å². The first-order valence-corrected chi connectivity index (χ1v) is 18.8. The standard InChI is InChI=1S/C42H37N5O10S/c1-53-38(52)42(29-19-11-5-12-20-29,30-21-13-6-14-22-30)40(45-35(49)33(46-54-2)31-25-58-39(43)44-31)26-55-47(36(40)50)41(24-23-32(48)57-41)37(51)56-34(27-15-7-3-8-16-27)28-17-9-4-10-18-28/h3-22,25,34H,23-24,26H2,1-2H3,(H2,43,44)(H,45,49)/b46-33-. The van der Waals surface area contributed by atoms with Crippen molar-refractivity contribution in [2.45, 2.75) is 35.6 Å². The summed E-state index contributed by atoms with van der Waals surface area (Å²) in [6, 6.07) is 34.1. The predicted molar refractivity (Wildman–Crippen MR) is 208 cm³/mol. The lowest BCUT2D eigenvalue weighted by atomic mass is 9.60. The molecule has 2 aliphatic rings. The Balaban J connectivity index is 1.42. The highest BCUT2D eigenvalue weighted by molar-refractivity contribution is 7.13. The molecule has 3 heterocycles. The zero-order valence-corrected chi connectivity index (χ0v) is 32.0. The van der Waals surface area contributed by atoms with Crippen LogP contribution in [-0.2, 0) is 53.3 Å². The molecule has 296 valence electrons. The molecule has 0 saturated carbocycles. The van der Waals surface area contributed by atoms with Crippen LogP contribution in [0.3, 0.4) is 0 Å². The molecule has 2 unspecified atom stereocenters. The molecule has 7 rings (SSSR count). The maximum Gasteiger partial charge on any atom is 0.376 e. The number of rotatable bonds is 13. The summed E-state index contributed by atoms with van der Waals surface area (Å²) in [7, 11) is 2.34. The van der Waals surface area contributed by atoms with Crippen molar-refractivity contribution < 1.29 is 47.9 Å². The molecule has 3 N–H and O–H groups in total. The van der Waals surface area contributed by atoms with Crippen LogP contribution in [0.2, 0.25) is 0 Å². The van der Waals surface area contributed by atoms with Crippen molar-refractivity contribution in [2.75, 3.05) is 26.6 Å². The van der Waals surface area contributed by atoms with Crippen molar-refractivity contribution in [1.29, 1.82) is 0 Å². The number of esters is 3. The Labute approximate surface area is 336 Å². The first-order chi connectivity index (χ1) is 28.1. The molecular weight excluding hydrogens is 767 g/mol. The third-order valence-corrected chi connectivity index (χ3v) is 10.7. The quantitative estimate of drug-likeness (QED) is 0.0745. The van der Waals surface area contributed by atoms with Crippen molar-refractivity contribution in [3.8, 4) is 0 Å². The van der Waals surface area contributed by atoms with Crippen molar-refractivity contribution in [2.24, 2.45) is 5.16 Å². The number of hydroxylamine groups is 2. The monoisotopic (exact) mass is 803 g/mol. The first-order valence-electron chi connectivity index (χ1n) is 18.0. The summed E-state index contributed by atoms with van der Waals surface area (Å²) in [4.78, 5) is 88.6. The van der Waals surface area contributed by atoms with Gasteiger partial charge >= 0.3 is 23.6 Å². The minimum atomic E-state index is -2.52. The number of cyclic esters (lactones) is 1. The van der Waals surface area contributed by atoms with E-state index in [2.05, 4.69) is 15.5 Å². The van der Waals surface area contributed by atoms with E-state index in [4.69, 9.17) is 29.6 Å². The van der Waals surface area contributed by atoms with E-state index in [0.717, 1.165) is 18.4 Å². The summed E-state index contributed by atoms with van der Waals surface area (Å²) < 4.78 is 17.5. The average Bonchev–Trinajstić information content (AvgIpc) is 3.97. The van der Waals surface area contributed by atoms with Gasteiger partial charge in [0, 0.05) is 11.8 Å².